The van der Waals surface area contributed by atoms with E-state index in [2.05, 4.69) is 53.6 Å². The van der Waals surface area contributed by atoms with Gasteiger partial charge in [0.1, 0.15) is 0 Å². The van der Waals surface area contributed by atoms with Gasteiger partial charge in [0.15, 0.2) is 4.73 Å². The van der Waals surface area contributed by atoms with E-state index in [0.29, 0.717) is 11.8 Å². The standard InChI is InChI=1S/C9H15BrN2/c1-5(2)7-8(6(3)4)12-9(10)11-7/h5-6H,1-4H3,(H,11,12). The summed E-state index contributed by atoms with van der Waals surface area (Å²) < 4.78 is 0.843. The van der Waals surface area contributed by atoms with Gasteiger partial charge in [0, 0.05) is 5.69 Å². The molecule has 0 spiro atoms. The molecule has 0 aliphatic rings. The van der Waals surface area contributed by atoms with Gasteiger partial charge in [-0.2, -0.15) is 0 Å². The molecule has 0 bridgehead atoms. The molecule has 0 saturated heterocycles. The van der Waals surface area contributed by atoms with Gasteiger partial charge in [0.2, 0.25) is 0 Å². The second kappa shape index (κ2) is 3.60. The highest BCUT2D eigenvalue weighted by Crippen LogP contribution is 2.25. The fourth-order valence-electron chi connectivity index (χ4n) is 1.25. The maximum Gasteiger partial charge on any atom is 0.174 e. The van der Waals surface area contributed by atoms with Crippen molar-refractivity contribution in [3.8, 4) is 0 Å². The smallest absolute Gasteiger partial charge is 0.174 e. The summed E-state index contributed by atoms with van der Waals surface area (Å²) >= 11 is 3.35. The van der Waals surface area contributed by atoms with Gasteiger partial charge in [-0.3, -0.25) is 0 Å². The van der Waals surface area contributed by atoms with Gasteiger partial charge in [0.25, 0.3) is 0 Å². The van der Waals surface area contributed by atoms with E-state index in [9.17, 15) is 0 Å². The average molecular weight is 231 g/mol. The summed E-state index contributed by atoms with van der Waals surface area (Å²) in [6.45, 7) is 8.67. The van der Waals surface area contributed by atoms with Crippen LogP contribution in [0.25, 0.3) is 0 Å². The molecule has 0 aromatic carbocycles. The predicted octanol–water partition coefficient (Wildman–Crippen LogP) is 3.42. The highest BCUT2D eigenvalue weighted by molar-refractivity contribution is 9.10. The highest BCUT2D eigenvalue weighted by atomic mass is 79.9. The first-order valence-corrected chi connectivity index (χ1v) is 5.07. The predicted molar refractivity (Wildman–Crippen MR) is 54.5 cm³/mol. The molecule has 0 radical (unpaired) electrons. The van der Waals surface area contributed by atoms with Crippen LogP contribution in [0.1, 0.15) is 50.9 Å². The Morgan fingerprint density at radius 3 is 2.08 bits per heavy atom. The van der Waals surface area contributed by atoms with Gasteiger partial charge in [0.05, 0.1) is 5.69 Å². The SMILES string of the molecule is CC(C)c1nc(Br)[nH]c1C(C)C. The van der Waals surface area contributed by atoms with Crippen molar-refractivity contribution in [3.63, 3.8) is 0 Å². The average Bonchev–Trinajstić information content (AvgIpc) is 2.31. The van der Waals surface area contributed by atoms with E-state index in [0.717, 1.165) is 4.73 Å². The van der Waals surface area contributed by atoms with Gasteiger partial charge in [-0.15, -0.1) is 0 Å². The Balaban J connectivity index is 3.08. The molecule has 1 rings (SSSR count). The number of imidazole rings is 1. The lowest BCUT2D eigenvalue weighted by molar-refractivity contribution is 0.759. The lowest BCUT2D eigenvalue weighted by atomic mass is 10.0. The van der Waals surface area contributed by atoms with E-state index < -0.39 is 0 Å². The molecular formula is C9H15BrN2. The molecule has 3 heteroatoms. The zero-order valence-corrected chi connectivity index (χ0v) is 9.57. The van der Waals surface area contributed by atoms with Crippen molar-refractivity contribution in [3.05, 3.63) is 16.1 Å². The third-order valence-electron chi connectivity index (χ3n) is 1.86. The van der Waals surface area contributed by atoms with Crippen LogP contribution in [0.5, 0.6) is 0 Å². The van der Waals surface area contributed by atoms with Gasteiger partial charge >= 0.3 is 0 Å². The van der Waals surface area contributed by atoms with Crippen molar-refractivity contribution in [1.82, 2.24) is 9.97 Å². The minimum absolute atomic E-state index is 0.491. The molecule has 1 N–H and O–H groups in total. The highest BCUT2D eigenvalue weighted by Gasteiger charge is 2.14. The second-order valence-corrected chi connectivity index (χ2v) is 4.39. The lowest BCUT2D eigenvalue weighted by Gasteiger charge is -2.07. The van der Waals surface area contributed by atoms with Crippen molar-refractivity contribution in [2.45, 2.75) is 39.5 Å². The number of hydrogen-bond acceptors (Lipinski definition) is 1. The minimum atomic E-state index is 0.491. The monoisotopic (exact) mass is 230 g/mol. The van der Waals surface area contributed by atoms with Crippen molar-refractivity contribution in [1.29, 1.82) is 0 Å². The molecule has 0 unspecified atom stereocenters. The molecule has 0 aliphatic carbocycles. The van der Waals surface area contributed by atoms with E-state index in [1.807, 2.05) is 0 Å². The molecule has 68 valence electrons. The number of aromatic amines is 1. The Hall–Kier alpha value is -0.310. The van der Waals surface area contributed by atoms with Gasteiger partial charge < -0.3 is 4.98 Å². The summed E-state index contributed by atoms with van der Waals surface area (Å²) in [6.07, 6.45) is 0. The molecule has 1 heterocycles. The zero-order valence-electron chi connectivity index (χ0n) is 7.98. The Bertz CT molecular complexity index is 238. The first-order chi connectivity index (χ1) is 5.52. The largest absolute Gasteiger partial charge is 0.336 e. The molecule has 0 saturated carbocycles. The van der Waals surface area contributed by atoms with Crippen molar-refractivity contribution in [2.24, 2.45) is 0 Å². The molecule has 2 nitrogen and oxygen atoms in total. The third-order valence-corrected chi connectivity index (χ3v) is 2.23. The molecule has 0 aliphatic heterocycles. The number of H-pyrrole nitrogens is 1. The summed E-state index contributed by atoms with van der Waals surface area (Å²) in [6, 6.07) is 0. The molecule has 12 heavy (non-hydrogen) atoms. The summed E-state index contributed by atoms with van der Waals surface area (Å²) in [7, 11) is 0. The Labute approximate surface area is 81.9 Å². The normalized spacial score (nSPS) is 11.6. The summed E-state index contributed by atoms with van der Waals surface area (Å²) in [5.74, 6) is 1.01. The lowest BCUT2D eigenvalue weighted by Crippen LogP contribution is -1.96. The van der Waals surface area contributed by atoms with Crippen LogP contribution in [-0.2, 0) is 0 Å². The summed E-state index contributed by atoms with van der Waals surface area (Å²) in [4.78, 5) is 7.62. The Morgan fingerprint density at radius 2 is 1.75 bits per heavy atom. The minimum Gasteiger partial charge on any atom is -0.336 e. The number of aromatic nitrogens is 2. The van der Waals surface area contributed by atoms with E-state index in [-0.39, 0.29) is 0 Å². The maximum absolute atomic E-state index is 4.39. The van der Waals surface area contributed by atoms with E-state index in [1.165, 1.54) is 11.4 Å². The van der Waals surface area contributed by atoms with Crippen molar-refractivity contribution in [2.75, 3.05) is 0 Å². The topological polar surface area (TPSA) is 28.7 Å². The van der Waals surface area contributed by atoms with E-state index in [4.69, 9.17) is 0 Å². The van der Waals surface area contributed by atoms with Gasteiger partial charge in [-0.25, -0.2) is 4.98 Å². The maximum atomic E-state index is 4.39. The zero-order chi connectivity index (χ0) is 9.30. The first kappa shape index (κ1) is 9.78. The number of hydrogen-bond donors (Lipinski definition) is 1. The molecule has 0 fully saturated rings. The van der Waals surface area contributed by atoms with Crippen LogP contribution in [0, 0.1) is 0 Å². The second-order valence-electron chi connectivity index (χ2n) is 3.64. The molecule has 0 amide bonds. The third kappa shape index (κ3) is 1.89. The van der Waals surface area contributed by atoms with Crippen LogP contribution in [0.2, 0.25) is 0 Å². The Morgan fingerprint density at radius 1 is 1.17 bits per heavy atom. The van der Waals surface area contributed by atoms with Crippen LogP contribution in [0.3, 0.4) is 0 Å². The molecule has 1 aromatic heterocycles. The molecular weight excluding hydrogens is 216 g/mol. The quantitative estimate of drug-likeness (QED) is 0.829. The number of halogens is 1. The van der Waals surface area contributed by atoms with Crippen molar-refractivity contribution >= 4 is 15.9 Å². The summed E-state index contributed by atoms with van der Waals surface area (Å²) in [5, 5.41) is 0. The van der Waals surface area contributed by atoms with Crippen LogP contribution in [-0.4, -0.2) is 9.97 Å². The van der Waals surface area contributed by atoms with Gasteiger partial charge in [-0.1, -0.05) is 27.7 Å². The molecule has 0 atom stereocenters. The van der Waals surface area contributed by atoms with Crippen LogP contribution >= 0.6 is 15.9 Å². The first-order valence-electron chi connectivity index (χ1n) is 4.27. The van der Waals surface area contributed by atoms with Gasteiger partial charge in [-0.05, 0) is 27.8 Å². The van der Waals surface area contributed by atoms with E-state index >= 15 is 0 Å². The van der Waals surface area contributed by atoms with Crippen LogP contribution in [0.4, 0.5) is 0 Å². The fraction of sp³-hybridized carbons (Fsp3) is 0.667. The summed E-state index contributed by atoms with van der Waals surface area (Å²) in [5.41, 5.74) is 2.42. The van der Waals surface area contributed by atoms with Crippen LogP contribution in [0.15, 0.2) is 4.73 Å². The van der Waals surface area contributed by atoms with E-state index in [1.54, 1.807) is 0 Å². The molecule has 1 aromatic rings. The fourth-order valence-corrected chi connectivity index (χ4v) is 1.65. The van der Waals surface area contributed by atoms with Crippen molar-refractivity contribution < 1.29 is 0 Å². The Kier molecular flexibility index (Phi) is 2.94. The number of rotatable bonds is 2. The van der Waals surface area contributed by atoms with Crippen LogP contribution < -0.4 is 0 Å². The number of nitrogens with zero attached hydrogens (tertiary/aromatic N) is 1. The number of nitrogens with one attached hydrogen (secondary N) is 1.